The van der Waals surface area contributed by atoms with Crippen molar-refractivity contribution in [3.63, 3.8) is 0 Å². The van der Waals surface area contributed by atoms with Gasteiger partial charge in [0, 0.05) is 24.0 Å². The first kappa shape index (κ1) is 19.2. The van der Waals surface area contributed by atoms with Crippen LogP contribution in [0.2, 0.25) is 0 Å². The van der Waals surface area contributed by atoms with Crippen molar-refractivity contribution in [1.29, 1.82) is 0 Å². The third-order valence-electron chi connectivity index (χ3n) is 3.85. The second-order valence-corrected chi connectivity index (χ2v) is 5.95. The van der Waals surface area contributed by atoms with Gasteiger partial charge in [0.25, 0.3) is 0 Å². The summed E-state index contributed by atoms with van der Waals surface area (Å²) in [6, 6.07) is 9.89. The van der Waals surface area contributed by atoms with Crippen molar-refractivity contribution in [2.24, 2.45) is 0 Å². The fourth-order valence-electron chi connectivity index (χ4n) is 2.46. The lowest BCUT2D eigenvalue weighted by Crippen LogP contribution is -2.24. The van der Waals surface area contributed by atoms with E-state index in [1.807, 2.05) is 6.07 Å². The lowest BCUT2D eigenvalue weighted by Gasteiger charge is -2.14. The molecule has 1 amide bonds. The van der Waals surface area contributed by atoms with Crippen LogP contribution >= 0.6 is 0 Å². The summed E-state index contributed by atoms with van der Waals surface area (Å²) in [5, 5.41) is 2.77. The lowest BCUT2D eigenvalue weighted by molar-refractivity contribution is -0.117. The van der Waals surface area contributed by atoms with E-state index in [0.717, 1.165) is 29.8 Å². The van der Waals surface area contributed by atoms with E-state index in [4.69, 9.17) is 4.74 Å². The zero-order valence-electron chi connectivity index (χ0n) is 15.0. The van der Waals surface area contributed by atoms with E-state index < -0.39 is 17.5 Å². The van der Waals surface area contributed by atoms with Crippen molar-refractivity contribution in [1.82, 2.24) is 15.3 Å². The smallest absolute Gasteiger partial charge is 0.244 e. The van der Waals surface area contributed by atoms with E-state index in [1.165, 1.54) is 18.5 Å². The van der Waals surface area contributed by atoms with Gasteiger partial charge in [-0.05, 0) is 48.9 Å². The van der Waals surface area contributed by atoms with Crippen LogP contribution in [0, 0.1) is 11.6 Å². The third-order valence-corrected chi connectivity index (χ3v) is 3.85. The highest BCUT2D eigenvalue weighted by atomic mass is 19.1. The van der Waals surface area contributed by atoms with Gasteiger partial charge >= 0.3 is 0 Å². The zero-order chi connectivity index (χ0) is 19.9. The molecule has 0 spiro atoms. The number of nitrogens with zero attached hydrogens (tertiary/aromatic N) is 2. The number of carbonyl (C=O) groups is 1. The molecular formula is C21H17F2N3O2. The van der Waals surface area contributed by atoms with Crippen molar-refractivity contribution < 1.29 is 18.3 Å². The van der Waals surface area contributed by atoms with Crippen molar-refractivity contribution in [3.8, 4) is 11.6 Å². The van der Waals surface area contributed by atoms with Gasteiger partial charge in [0.2, 0.25) is 11.8 Å². The fraction of sp³-hybridized carbons (Fsp3) is 0.0952. The Morgan fingerprint density at radius 1 is 1.18 bits per heavy atom. The monoisotopic (exact) mass is 381 g/mol. The lowest BCUT2D eigenvalue weighted by atomic mass is 10.1. The summed E-state index contributed by atoms with van der Waals surface area (Å²) < 4.78 is 32.4. The van der Waals surface area contributed by atoms with E-state index in [2.05, 4.69) is 15.3 Å². The van der Waals surface area contributed by atoms with Gasteiger partial charge in [0.1, 0.15) is 17.4 Å². The van der Waals surface area contributed by atoms with E-state index in [1.54, 1.807) is 31.3 Å². The molecule has 1 atom stereocenters. The molecule has 0 aliphatic heterocycles. The summed E-state index contributed by atoms with van der Waals surface area (Å²) in [4.78, 5) is 20.1. The predicted molar refractivity (Wildman–Crippen MR) is 100 cm³/mol. The van der Waals surface area contributed by atoms with Gasteiger partial charge in [-0.15, -0.1) is 0 Å². The maximum absolute atomic E-state index is 13.6. The molecule has 0 aliphatic rings. The number of hydrogen-bond donors (Lipinski definition) is 1. The van der Waals surface area contributed by atoms with Crippen LogP contribution in [0.5, 0.6) is 11.6 Å². The number of nitrogens with one attached hydrogen (secondary N) is 1. The largest absolute Gasteiger partial charge is 0.437 e. The standard InChI is InChI=1S/C21H17F2N3O2/c1-14(26-20(27)8-5-16-11-17(22)6-7-19(16)23)15-3-2-4-18(12-15)28-21-13-24-9-10-25-21/h2-14H,1H3,(H,26,27)/b8-5+. The van der Waals surface area contributed by atoms with Crippen LogP contribution in [0.15, 0.2) is 67.1 Å². The van der Waals surface area contributed by atoms with Crippen LogP contribution in [-0.2, 0) is 4.79 Å². The highest BCUT2D eigenvalue weighted by Gasteiger charge is 2.10. The Bertz CT molecular complexity index is 994. The number of amides is 1. The van der Waals surface area contributed by atoms with Crippen LogP contribution in [0.4, 0.5) is 8.78 Å². The number of benzene rings is 2. The Kier molecular flexibility index (Phi) is 6.06. The molecule has 1 aromatic heterocycles. The molecule has 2 aromatic carbocycles. The maximum atomic E-state index is 13.6. The topological polar surface area (TPSA) is 64.1 Å². The summed E-state index contributed by atoms with van der Waals surface area (Å²) in [6.45, 7) is 1.80. The molecule has 28 heavy (non-hydrogen) atoms. The summed E-state index contributed by atoms with van der Waals surface area (Å²) >= 11 is 0. The van der Waals surface area contributed by atoms with Crippen molar-refractivity contribution in [2.75, 3.05) is 0 Å². The fourth-order valence-corrected chi connectivity index (χ4v) is 2.46. The Balaban J connectivity index is 1.64. The predicted octanol–water partition coefficient (Wildman–Crippen LogP) is 4.44. The van der Waals surface area contributed by atoms with Gasteiger partial charge in [0.15, 0.2) is 0 Å². The summed E-state index contributed by atoms with van der Waals surface area (Å²) in [6.07, 6.45) is 6.95. The quantitative estimate of drug-likeness (QED) is 0.641. The number of carbonyl (C=O) groups excluding carboxylic acids is 1. The van der Waals surface area contributed by atoms with Gasteiger partial charge in [0.05, 0.1) is 12.2 Å². The highest BCUT2D eigenvalue weighted by Crippen LogP contribution is 2.23. The Morgan fingerprint density at radius 2 is 2.04 bits per heavy atom. The molecule has 3 rings (SSSR count). The molecule has 142 valence electrons. The third kappa shape index (κ3) is 5.20. The van der Waals surface area contributed by atoms with Crippen molar-refractivity contribution in [3.05, 3.63) is 89.9 Å². The van der Waals surface area contributed by atoms with Gasteiger partial charge in [-0.2, -0.15) is 0 Å². The van der Waals surface area contributed by atoms with Crippen LogP contribution in [-0.4, -0.2) is 15.9 Å². The highest BCUT2D eigenvalue weighted by molar-refractivity contribution is 5.92. The molecule has 5 nitrogen and oxygen atoms in total. The van der Waals surface area contributed by atoms with E-state index >= 15 is 0 Å². The zero-order valence-corrected chi connectivity index (χ0v) is 15.0. The molecule has 1 N–H and O–H groups in total. The Labute approximate surface area is 160 Å². The van der Waals surface area contributed by atoms with Crippen LogP contribution in [0.1, 0.15) is 24.1 Å². The minimum Gasteiger partial charge on any atom is -0.437 e. The molecule has 7 heteroatoms. The number of rotatable bonds is 6. The second-order valence-electron chi connectivity index (χ2n) is 5.95. The van der Waals surface area contributed by atoms with E-state index in [0.29, 0.717) is 11.6 Å². The number of hydrogen-bond acceptors (Lipinski definition) is 4. The molecule has 0 aliphatic carbocycles. The molecule has 0 bridgehead atoms. The average molecular weight is 381 g/mol. The van der Waals surface area contributed by atoms with Gasteiger partial charge in [-0.1, -0.05) is 12.1 Å². The first-order chi connectivity index (χ1) is 13.5. The van der Waals surface area contributed by atoms with Crippen molar-refractivity contribution in [2.45, 2.75) is 13.0 Å². The van der Waals surface area contributed by atoms with E-state index in [-0.39, 0.29) is 11.6 Å². The minimum atomic E-state index is -0.604. The Hall–Kier alpha value is -3.61. The SMILES string of the molecule is CC(NC(=O)/C=C/c1cc(F)ccc1F)c1cccc(Oc2cnccn2)c1. The van der Waals surface area contributed by atoms with Crippen molar-refractivity contribution >= 4 is 12.0 Å². The second kappa shape index (κ2) is 8.85. The van der Waals surface area contributed by atoms with Gasteiger partial charge < -0.3 is 10.1 Å². The maximum Gasteiger partial charge on any atom is 0.244 e. The first-order valence-corrected chi connectivity index (χ1v) is 8.49. The van der Waals surface area contributed by atoms with E-state index in [9.17, 15) is 13.6 Å². The molecule has 0 radical (unpaired) electrons. The molecule has 0 saturated heterocycles. The van der Waals surface area contributed by atoms with Crippen LogP contribution < -0.4 is 10.1 Å². The van der Waals surface area contributed by atoms with Gasteiger partial charge in [-0.3, -0.25) is 9.78 Å². The molecule has 0 saturated carbocycles. The molecule has 1 heterocycles. The van der Waals surface area contributed by atoms with Crippen LogP contribution in [0.3, 0.4) is 0 Å². The summed E-state index contributed by atoms with van der Waals surface area (Å²) in [5.41, 5.74) is 0.808. The molecular weight excluding hydrogens is 364 g/mol. The first-order valence-electron chi connectivity index (χ1n) is 8.49. The van der Waals surface area contributed by atoms with Gasteiger partial charge in [-0.25, -0.2) is 13.8 Å². The number of aromatic nitrogens is 2. The van der Waals surface area contributed by atoms with Crippen LogP contribution in [0.25, 0.3) is 6.08 Å². The number of halogens is 2. The average Bonchev–Trinajstić information content (AvgIpc) is 2.69. The molecule has 3 aromatic rings. The Morgan fingerprint density at radius 3 is 2.82 bits per heavy atom. The molecule has 0 fully saturated rings. The number of ether oxygens (including phenoxy) is 1. The molecule has 1 unspecified atom stereocenters. The normalized spacial score (nSPS) is 12.0. The summed E-state index contributed by atoms with van der Waals surface area (Å²) in [5.74, 6) is -0.702. The summed E-state index contributed by atoms with van der Waals surface area (Å²) in [7, 11) is 0. The minimum absolute atomic E-state index is 0.00201.